The maximum Gasteiger partial charge on any atom is 0.265 e. The van der Waals surface area contributed by atoms with E-state index in [4.69, 9.17) is 4.55 Å². The molecule has 0 aliphatic carbocycles. The minimum Gasteiger partial charge on any atom is -0.326 e. The Balaban J connectivity index is 2.02. The van der Waals surface area contributed by atoms with Crippen molar-refractivity contribution in [3.63, 3.8) is 0 Å². The Labute approximate surface area is 163 Å². The summed E-state index contributed by atoms with van der Waals surface area (Å²) in [7, 11) is -1.60. The molecule has 0 spiro atoms. The van der Waals surface area contributed by atoms with Crippen LogP contribution in [0.5, 0.6) is 0 Å². The Morgan fingerprint density at radius 2 is 1.31 bits per heavy atom. The van der Waals surface area contributed by atoms with Crippen molar-refractivity contribution in [2.24, 2.45) is 11.8 Å². The first-order valence-electron chi connectivity index (χ1n) is 11.0. The van der Waals surface area contributed by atoms with Crippen molar-refractivity contribution in [3.8, 4) is 0 Å². The second-order valence-corrected chi connectivity index (χ2v) is 10.6. The van der Waals surface area contributed by atoms with E-state index in [2.05, 4.69) is 20.9 Å². The summed E-state index contributed by atoms with van der Waals surface area (Å²) in [6, 6.07) is 0. The molecule has 0 bridgehead atoms. The molecule has 0 aromatic heterocycles. The normalized spacial score (nSPS) is 26.5. The summed E-state index contributed by atoms with van der Waals surface area (Å²) >= 11 is 0. The van der Waals surface area contributed by atoms with Crippen LogP contribution < -0.4 is 0 Å². The fourth-order valence-electron chi connectivity index (χ4n) is 4.67. The molecular formula is C21H44NO3S+. The lowest BCUT2D eigenvalue weighted by atomic mass is 10.0. The zero-order chi connectivity index (χ0) is 19.5. The first kappa shape index (κ1) is 23.9. The highest BCUT2D eigenvalue weighted by Crippen LogP contribution is 2.29. The molecular weight excluding hydrogens is 346 g/mol. The van der Waals surface area contributed by atoms with Crippen molar-refractivity contribution in [2.45, 2.75) is 90.9 Å². The summed E-state index contributed by atoms with van der Waals surface area (Å²) < 4.78 is 32.4. The van der Waals surface area contributed by atoms with Gasteiger partial charge in [-0.3, -0.25) is 4.55 Å². The van der Waals surface area contributed by atoms with Gasteiger partial charge in [0.1, 0.15) is 0 Å². The van der Waals surface area contributed by atoms with Crippen molar-refractivity contribution in [1.82, 2.24) is 0 Å². The minimum atomic E-state index is -3.85. The Morgan fingerprint density at radius 1 is 0.846 bits per heavy atom. The third-order valence-corrected chi connectivity index (χ3v) is 7.03. The van der Waals surface area contributed by atoms with Crippen molar-refractivity contribution in [1.29, 1.82) is 0 Å². The van der Waals surface area contributed by atoms with Gasteiger partial charge < -0.3 is 4.48 Å². The van der Waals surface area contributed by atoms with E-state index in [-0.39, 0.29) is 11.7 Å². The summed E-state index contributed by atoms with van der Waals surface area (Å²) in [5.41, 5.74) is 0. The first-order chi connectivity index (χ1) is 12.3. The summed E-state index contributed by atoms with van der Waals surface area (Å²) in [4.78, 5) is 0. The Bertz CT molecular complexity index is 466. The van der Waals surface area contributed by atoms with E-state index in [9.17, 15) is 8.42 Å². The number of quaternary nitrogens is 1. The molecule has 1 aliphatic heterocycles. The standard InChI is InChI=1S/C21H43NO3S/c1-4-5-6-7-8-9-10-11-12-13-14-15-16-22(3)17-20(2)21(18-22)19-26(23,24)25/h20-21H,4-19H2,1-3H3/p+1. The van der Waals surface area contributed by atoms with Gasteiger partial charge in [-0.1, -0.05) is 78.1 Å². The van der Waals surface area contributed by atoms with Crippen LogP contribution in [0.1, 0.15) is 90.9 Å². The van der Waals surface area contributed by atoms with Gasteiger partial charge in [0.15, 0.2) is 0 Å². The third-order valence-electron chi connectivity index (χ3n) is 6.18. The Hall–Kier alpha value is -0.130. The largest absolute Gasteiger partial charge is 0.326 e. The lowest BCUT2D eigenvalue weighted by Gasteiger charge is -2.30. The van der Waals surface area contributed by atoms with Gasteiger partial charge in [0.25, 0.3) is 10.1 Å². The summed E-state index contributed by atoms with van der Waals surface area (Å²) in [6.45, 7) is 7.47. The van der Waals surface area contributed by atoms with E-state index in [0.29, 0.717) is 5.92 Å². The van der Waals surface area contributed by atoms with Crippen LogP contribution in [0.2, 0.25) is 0 Å². The van der Waals surface area contributed by atoms with E-state index in [1.807, 2.05) is 0 Å². The number of unbranched alkanes of at least 4 members (excludes halogenated alkanes) is 11. The number of nitrogens with zero attached hydrogens (tertiary/aromatic N) is 1. The van der Waals surface area contributed by atoms with Gasteiger partial charge in [0.05, 0.1) is 32.4 Å². The van der Waals surface area contributed by atoms with Crippen LogP contribution in [0.4, 0.5) is 0 Å². The van der Waals surface area contributed by atoms with Crippen LogP contribution in [0.3, 0.4) is 0 Å². The second-order valence-electron chi connectivity index (χ2n) is 9.08. The first-order valence-corrected chi connectivity index (χ1v) is 12.7. The monoisotopic (exact) mass is 390 g/mol. The lowest BCUT2D eigenvalue weighted by molar-refractivity contribution is -0.900. The number of hydrogen-bond acceptors (Lipinski definition) is 2. The molecule has 3 atom stereocenters. The van der Waals surface area contributed by atoms with Gasteiger partial charge >= 0.3 is 0 Å². The van der Waals surface area contributed by atoms with Crippen molar-refractivity contribution in [3.05, 3.63) is 0 Å². The van der Waals surface area contributed by atoms with E-state index >= 15 is 0 Å². The molecule has 0 aromatic carbocycles. The molecule has 1 rings (SSSR count). The molecule has 1 saturated heterocycles. The highest BCUT2D eigenvalue weighted by atomic mass is 32.2. The maximum absolute atomic E-state index is 11.2. The minimum absolute atomic E-state index is 0.0690. The number of rotatable bonds is 15. The molecule has 156 valence electrons. The summed E-state index contributed by atoms with van der Waals surface area (Å²) in [6.07, 6.45) is 16.4. The van der Waals surface area contributed by atoms with Crippen LogP contribution >= 0.6 is 0 Å². The van der Waals surface area contributed by atoms with Gasteiger partial charge in [0.2, 0.25) is 0 Å². The predicted molar refractivity (Wildman–Crippen MR) is 111 cm³/mol. The van der Waals surface area contributed by atoms with Gasteiger partial charge in [-0.15, -0.1) is 0 Å². The van der Waals surface area contributed by atoms with Gasteiger partial charge in [-0.05, 0) is 12.8 Å². The molecule has 26 heavy (non-hydrogen) atoms. The highest BCUT2D eigenvalue weighted by molar-refractivity contribution is 7.85. The molecule has 1 heterocycles. The van der Waals surface area contributed by atoms with Crippen LogP contribution in [-0.2, 0) is 10.1 Å². The number of likely N-dealkylation sites (tertiary alicyclic amines) is 1. The van der Waals surface area contributed by atoms with Crippen LogP contribution in [0.15, 0.2) is 0 Å². The molecule has 4 nitrogen and oxygen atoms in total. The zero-order valence-corrected chi connectivity index (χ0v) is 18.4. The van der Waals surface area contributed by atoms with Gasteiger partial charge in [0, 0.05) is 11.8 Å². The third kappa shape index (κ3) is 10.9. The fraction of sp³-hybridized carbons (Fsp3) is 1.00. The summed E-state index contributed by atoms with van der Waals surface area (Å²) in [5, 5.41) is 0. The second kappa shape index (κ2) is 12.4. The van der Waals surface area contributed by atoms with E-state index in [0.717, 1.165) is 24.1 Å². The zero-order valence-electron chi connectivity index (χ0n) is 17.6. The number of hydrogen-bond donors (Lipinski definition) is 1. The molecule has 0 amide bonds. The van der Waals surface area contributed by atoms with Gasteiger partial charge in [-0.25, -0.2) is 0 Å². The molecule has 1 N–H and O–H groups in total. The highest BCUT2D eigenvalue weighted by Gasteiger charge is 2.41. The molecule has 5 heteroatoms. The topological polar surface area (TPSA) is 54.4 Å². The van der Waals surface area contributed by atoms with E-state index in [1.165, 1.54) is 77.0 Å². The molecule has 0 saturated carbocycles. The molecule has 0 radical (unpaired) electrons. The maximum atomic E-state index is 11.2. The molecule has 1 fully saturated rings. The van der Waals surface area contributed by atoms with E-state index in [1.54, 1.807) is 0 Å². The predicted octanol–water partition coefficient (Wildman–Crippen LogP) is 5.29. The molecule has 1 aliphatic rings. The lowest BCUT2D eigenvalue weighted by Crippen LogP contribution is -2.43. The summed E-state index contributed by atoms with van der Waals surface area (Å²) in [5.74, 6) is 0.409. The van der Waals surface area contributed by atoms with Crippen molar-refractivity contribution in [2.75, 3.05) is 32.4 Å². The Kier molecular flexibility index (Phi) is 11.4. The van der Waals surface area contributed by atoms with Crippen LogP contribution in [0, 0.1) is 11.8 Å². The van der Waals surface area contributed by atoms with Crippen molar-refractivity contribution >= 4 is 10.1 Å². The Morgan fingerprint density at radius 3 is 1.77 bits per heavy atom. The van der Waals surface area contributed by atoms with Crippen LogP contribution in [-0.4, -0.2) is 49.9 Å². The average molecular weight is 391 g/mol. The molecule has 3 unspecified atom stereocenters. The van der Waals surface area contributed by atoms with Gasteiger partial charge in [-0.2, -0.15) is 8.42 Å². The van der Waals surface area contributed by atoms with Crippen molar-refractivity contribution < 1.29 is 17.5 Å². The van der Waals surface area contributed by atoms with Crippen LogP contribution in [0.25, 0.3) is 0 Å². The smallest absolute Gasteiger partial charge is 0.265 e. The fourth-order valence-corrected chi connectivity index (χ4v) is 5.64. The molecule has 0 aromatic rings. The quantitative estimate of drug-likeness (QED) is 0.235. The SMILES string of the molecule is CCCCCCCCCCCCCC[N+]1(C)CC(C)C(CS(=O)(=O)O)C1. The average Bonchev–Trinajstić information content (AvgIpc) is 2.81. The van der Waals surface area contributed by atoms with E-state index < -0.39 is 10.1 Å².